The van der Waals surface area contributed by atoms with Crippen LogP contribution < -0.4 is 10.5 Å². The van der Waals surface area contributed by atoms with E-state index in [1.54, 1.807) is 6.07 Å². The molecule has 124 valence electrons. The molecule has 6 nitrogen and oxygen atoms in total. The van der Waals surface area contributed by atoms with Crippen LogP contribution in [0.1, 0.15) is 24.2 Å². The van der Waals surface area contributed by atoms with Gasteiger partial charge in [0.2, 0.25) is 5.56 Å². The molecule has 1 aliphatic rings. The van der Waals surface area contributed by atoms with Gasteiger partial charge in [0.1, 0.15) is 11.3 Å². The van der Waals surface area contributed by atoms with Crippen LogP contribution in [0.25, 0.3) is 11.0 Å². The van der Waals surface area contributed by atoms with Crippen molar-refractivity contribution < 1.29 is 0 Å². The van der Waals surface area contributed by atoms with E-state index in [1.807, 2.05) is 31.5 Å². The number of nitrogens with zero attached hydrogens (tertiary/aromatic N) is 3. The Labute approximate surface area is 140 Å². The van der Waals surface area contributed by atoms with Gasteiger partial charge < -0.3 is 14.9 Å². The Morgan fingerprint density at radius 1 is 1.17 bits per heavy atom. The van der Waals surface area contributed by atoms with Crippen molar-refractivity contribution in [2.75, 3.05) is 18.0 Å². The first-order chi connectivity index (χ1) is 11.7. The monoisotopic (exact) mass is 323 g/mol. The zero-order valence-electron chi connectivity index (χ0n) is 13.7. The summed E-state index contributed by atoms with van der Waals surface area (Å²) in [6.07, 6.45) is 7.04. The smallest absolute Gasteiger partial charge is 0.247 e. The highest BCUT2D eigenvalue weighted by molar-refractivity contribution is 5.86. The molecule has 0 bridgehead atoms. The molecule has 1 aliphatic heterocycles. The van der Waals surface area contributed by atoms with Crippen molar-refractivity contribution in [2.24, 2.45) is 5.92 Å². The van der Waals surface area contributed by atoms with E-state index in [1.165, 1.54) is 5.56 Å². The summed E-state index contributed by atoms with van der Waals surface area (Å²) in [5, 5.41) is 0. The molecule has 0 radical (unpaired) electrons. The van der Waals surface area contributed by atoms with Gasteiger partial charge >= 0.3 is 0 Å². The number of fused-ring (bicyclic) bond motifs is 1. The maximum absolute atomic E-state index is 11.1. The number of aromatic amines is 2. The SMILES string of the molecule is Cc1nc(N2CCC(Cc3ccc(=O)[nH]c3)CC2)c2[nH]ccc2n1. The minimum atomic E-state index is -0.0392. The van der Waals surface area contributed by atoms with Crippen LogP contribution in [0.15, 0.2) is 35.4 Å². The first kappa shape index (κ1) is 14.9. The van der Waals surface area contributed by atoms with Gasteiger partial charge in [-0.1, -0.05) is 6.07 Å². The fraction of sp³-hybridized carbons (Fsp3) is 0.389. The number of anilines is 1. The van der Waals surface area contributed by atoms with Crippen LogP contribution in [-0.4, -0.2) is 33.0 Å². The van der Waals surface area contributed by atoms with Crippen molar-refractivity contribution in [1.29, 1.82) is 0 Å². The Morgan fingerprint density at radius 2 is 2.00 bits per heavy atom. The van der Waals surface area contributed by atoms with Crippen LogP contribution >= 0.6 is 0 Å². The maximum Gasteiger partial charge on any atom is 0.247 e. The van der Waals surface area contributed by atoms with Crippen LogP contribution in [0, 0.1) is 12.8 Å². The predicted molar refractivity (Wildman–Crippen MR) is 94.3 cm³/mol. The Morgan fingerprint density at radius 3 is 2.75 bits per heavy atom. The van der Waals surface area contributed by atoms with Crippen LogP contribution in [0.5, 0.6) is 0 Å². The average molecular weight is 323 g/mol. The lowest BCUT2D eigenvalue weighted by Gasteiger charge is -2.33. The third-order valence-electron chi connectivity index (χ3n) is 4.79. The number of hydrogen-bond donors (Lipinski definition) is 2. The van der Waals surface area contributed by atoms with Crippen LogP contribution in [-0.2, 0) is 6.42 Å². The molecule has 3 aromatic heterocycles. The average Bonchev–Trinajstić information content (AvgIpc) is 3.05. The van der Waals surface area contributed by atoms with Crippen molar-refractivity contribution in [3.05, 3.63) is 52.3 Å². The molecule has 2 N–H and O–H groups in total. The predicted octanol–water partition coefficient (Wildman–Crippen LogP) is 2.41. The maximum atomic E-state index is 11.1. The van der Waals surface area contributed by atoms with Gasteiger partial charge in [0.15, 0.2) is 5.82 Å². The highest BCUT2D eigenvalue weighted by atomic mass is 16.1. The lowest BCUT2D eigenvalue weighted by atomic mass is 9.91. The summed E-state index contributed by atoms with van der Waals surface area (Å²) >= 11 is 0. The molecule has 0 unspecified atom stereocenters. The molecule has 0 aromatic carbocycles. The highest BCUT2D eigenvalue weighted by Gasteiger charge is 2.22. The van der Waals surface area contributed by atoms with Crippen molar-refractivity contribution in [3.8, 4) is 0 Å². The van der Waals surface area contributed by atoms with Crippen molar-refractivity contribution in [3.63, 3.8) is 0 Å². The molecular formula is C18H21N5O. The summed E-state index contributed by atoms with van der Waals surface area (Å²) < 4.78 is 0. The quantitative estimate of drug-likeness (QED) is 0.776. The molecule has 6 heteroatoms. The summed E-state index contributed by atoms with van der Waals surface area (Å²) in [5.74, 6) is 2.48. The van der Waals surface area contributed by atoms with Crippen LogP contribution in [0.4, 0.5) is 5.82 Å². The van der Waals surface area contributed by atoms with E-state index in [4.69, 9.17) is 0 Å². The van der Waals surface area contributed by atoms with Gasteiger partial charge in [0, 0.05) is 31.5 Å². The summed E-state index contributed by atoms with van der Waals surface area (Å²) in [4.78, 5) is 28.7. The van der Waals surface area contributed by atoms with E-state index in [2.05, 4.69) is 24.8 Å². The van der Waals surface area contributed by atoms with Gasteiger partial charge in [0.05, 0.1) is 5.52 Å². The summed E-state index contributed by atoms with van der Waals surface area (Å²) in [7, 11) is 0. The first-order valence-electron chi connectivity index (χ1n) is 8.43. The number of rotatable bonds is 3. The van der Waals surface area contributed by atoms with Crippen molar-refractivity contribution >= 4 is 16.9 Å². The van der Waals surface area contributed by atoms with Gasteiger partial charge in [-0.05, 0) is 43.7 Å². The van der Waals surface area contributed by atoms with Gasteiger partial charge in [0.25, 0.3) is 0 Å². The van der Waals surface area contributed by atoms with Gasteiger partial charge in [-0.3, -0.25) is 4.79 Å². The second kappa shape index (κ2) is 6.11. The lowest BCUT2D eigenvalue weighted by molar-refractivity contribution is 0.402. The minimum Gasteiger partial charge on any atom is -0.357 e. The largest absolute Gasteiger partial charge is 0.357 e. The van der Waals surface area contributed by atoms with Crippen molar-refractivity contribution in [1.82, 2.24) is 19.9 Å². The van der Waals surface area contributed by atoms with Gasteiger partial charge in [-0.25, -0.2) is 9.97 Å². The second-order valence-corrected chi connectivity index (χ2v) is 6.53. The highest BCUT2D eigenvalue weighted by Crippen LogP contribution is 2.28. The number of hydrogen-bond acceptors (Lipinski definition) is 4. The Kier molecular flexibility index (Phi) is 3.80. The summed E-state index contributed by atoms with van der Waals surface area (Å²) in [5.41, 5.74) is 3.17. The topological polar surface area (TPSA) is 77.7 Å². The van der Waals surface area contributed by atoms with E-state index < -0.39 is 0 Å². The number of aromatic nitrogens is 4. The van der Waals surface area contributed by atoms with Gasteiger partial charge in [-0.15, -0.1) is 0 Å². The molecule has 1 saturated heterocycles. The zero-order valence-corrected chi connectivity index (χ0v) is 13.7. The fourth-order valence-corrected chi connectivity index (χ4v) is 3.52. The third kappa shape index (κ3) is 2.91. The molecule has 4 heterocycles. The van der Waals surface area contributed by atoms with E-state index in [0.717, 1.165) is 55.0 Å². The Balaban J connectivity index is 1.46. The van der Waals surface area contributed by atoms with E-state index in [-0.39, 0.29) is 5.56 Å². The Hall–Kier alpha value is -2.63. The number of piperidine rings is 1. The Bertz CT molecular complexity index is 885. The lowest BCUT2D eigenvalue weighted by Crippen LogP contribution is -2.35. The first-order valence-corrected chi connectivity index (χ1v) is 8.43. The number of nitrogens with one attached hydrogen (secondary N) is 2. The van der Waals surface area contributed by atoms with Gasteiger partial charge in [-0.2, -0.15) is 0 Å². The number of pyridine rings is 1. The molecule has 0 spiro atoms. The molecule has 0 atom stereocenters. The molecule has 0 amide bonds. The van der Waals surface area contributed by atoms with Crippen LogP contribution in [0.3, 0.4) is 0 Å². The molecule has 4 rings (SSSR count). The molecule has 0 saturated carbocycles. The second-order valence-electron chi connectivity index (χ2n) is 6.53. The third-order valence-corrected chi connectivity index (χ3v) is 4.79. The normalized spacial score (nSPS) is 16.0. The minimum absolute atomic E-state index is 0.0392. The fourth-order valence-electron chi connectivity index (χ4n) is 3.52. The molecule has 0 aliphatic carbocycles. The molecule has 3 aromatic rings. The molecule has 1 fully saturated rings. The van der Waals surface area contributed by atoms with E-state index >= 15 is 0 Å². The van der Waals surface area contributed by atoms with Crippen molar-refractivity contribution in [2.45, 2.75) is 26.2 Å². The summed E-state index contributed by atoms with van der Waals surface area (Å²) in [6, 6.07) is 5.54. The van der Waals surface area contributed by atoms with E-state index in [9.17, 15) is 4.79 Å². The van der Waals surface area contributed by atoms with Crippen LogP contribution in [0.2, 0.25) is 0 Å². The number of aryl methyl sites for hydroxylation is 1. The standard InChI is InChI=1S/C18H21N5O/c1-12-21-15-4-7-19-17(15)18(22-12)23-8-5-13(6-9-23)10-14-2-3-16(24)20-11-14/h2-4,7,11,13,19H,5-6,8-10H2,1H3,(H,20,24). The summed E-state index contributed by atoms with van der Waals surface area (Å²) in [6.45, 7) is 3.94. The van der Waals surface area contributed by atoms with E-state index in [0.29, 0.717) is 5.92 Å². The zero-order chi connectivity index (χ0) is 16.5. The number of H-pyrrole nitrogens is 2. The molecular weight excluding hydrogens is 302 g/mol. The molecule has 24 heavy (non-hydrogen) atoms.